The highest BCUT2D eigenvalue weighted by molar-refractivity contribution is 6.10. The minimum Gasteiger partial charge on any atom is -0.497 e. The molecule has 0 N–H and O–H groups in total. The number of rotatable bonds is 4. The van der Waals surface area contributed by atoms with Crippen LogP contribution in [0.25, 0.3) is 10.9 Å². The predicted octanol–water partition coefficient (Wildman–Crippen LogP) is 3.64. The Labute approximate surface area is 147 Å². The Bertz CT molecular complexity index is 824. The van der Waals surface area contributed by atoms with Crippen LogP contribution in [0.5, 0.6) is 5.75 Å². The van der Waals surface area contributed by atoms with Crippen LogP contribution in [-0.4, -0.2) is 48.1 Å². The molecule has 0 saturated carbocycles. The molecule has 1 aromatic heterocycles. The molecule has 5 heteroatoms. The minimum absolute atomic E-state index is 0.0741. The first-order chi connectivity index (χ1) is 12.1. The number of pyridine rings is 1. The van der Waals surface area contributed by atoms with Crippen molar-refractivity contribution in [2.75, 3.05) is 20.2 Å². The number of ether oxygens (including phenoxy) is 1. The highest BCUT2D eigenvalue weighted by Crippen LogP contribution is 2.47. The Morgan fingerprint density at radius 3 is 3.00 bits per heavy atom. The number of hydrogen-bond acceptors (Lipinski definition) is 4. The van der Waals surface area contributed by atoms with E-state index in [0.29, 0.717) is 37.2 Å². The van der Waals surface area contributed by atoms with E-state index >= 15 is 0 Å². The fourth-order valence-electron chi connectivity index (χ4n) is 4.52. The normalized spacial score (nSPS) is 31.2. The first kappa shape index (κ1) is 16.5. The van der Waals surface area contributed by atoms with Gasteiger partial charge in [-0.3, -0.25) is 14.7 Å². The average Bonchev–Trinajstić information content (AvgIpc) is 2.98. The second-order valence-electron chi connectivity index (χ2n) is 7.27. The molecule has 0 spiro atoms. The number of benzene rings is 1. The van der Waals surface area contributed by atoms with Crippen molar-refractivity contribution in [2.45, 2.75) is 38.4 Å². The molecule has 25 heavy (non-hydrogen) atoms. The molecule has 0 amide bonds. The van der Waals surface area contributed by atoms with Crippen LogP contribution in [0.3, 0.4) is 0 Å². The smallest absolute Gasteiger partial charge is 0.180 e. The van der Waals surface area contributed by atoms with E-state index in [4.69, 9.17) is 4.74 Å². The molecule has 1 aromatic carbocycles. The lowest BCUT2D eigenvalue weighted by Crippen LogP contribution is -2.43. The number of ketones is 1. The maximum Gasteiger partial charge on any atom is 0.180 e. The monoisotopic (exact) mass is 342 g/mol. The van der Waals surface area contributed by atoms with Gasteiger partial charge in [0.05, 0.1) is 18.7 Å². The summed E-state index contributed by atoms with van der Waals surface area (Å²) >= 11 is 0. The van der Waals surface area contributed by atoms with Gasteiger partial charge in [-0.2, -0.15) is 0 Å². The summed E-state index contributed by atoms with van der Waals surface area (Å²) in [5, 5.41) is 0.803. The van der Waals surface area contributed by atoms with E-state index < -0.39 is 6.17 Å². The lowest BCUT2D eigenvalue weighted by molar-refractivity contribution is 0.0558. The molecule has 132 valence electrons. The topological polar surface area (TPSA) is 42.4 Å². The van der Waals surface area contributed by atoms with Crippen molar-refractivity contribution in [3.8, 4) is 5.75 Å². The van der Waals surface area contributed by atoms with Gasteiger partial charge in [-0.25, -0.2) is 4.39 Å². The zero-order valence-electron chi connectivity index (χ0n) is 14.7. The quantitative estimate of drug-likeness (QED) is 0.796. The van der Waals surface area contributed by atoms with Gasteiger partial charge in [0.2, 0.25) is 0 Å². The summed E-state index contributed by atoms with van der Waals surface area (Å²) in [6.45, 7) is 3.38. The summed E-state index contributed by atoms with van der Waals surface area (Å²) in [6.07, 6.45) is 2.78. The summed E-state index contributed by atoms with van der Waals surface area (Å²) in [5.74, 6) is 0.777. The third-order valence-electron chi connectivity index (χ3n) is 6.11. The standard InChI is InChI=1S/C20H23FN2O2/c1-3-20-11-17(23(12-20)9-7-18(20)21)19(24)14-6-8-22-16-5-4-13(25-2)10-15(14)16/h4-6,8,10,17-18H,3,7,9,11-12H2,1-2H3/t17-,18+,20+/m1/s1. The molecule has 4 rings (SSSR count). The fraction of sp³-hybridized carbons (Fsp3) is 0.500. The average molecular weight is 342 g/mol. The number of Topliss-reactive ketones (excluding diaryl/α,β-unsaturated/α-hetero) is 1. The van der Waals surface area contributed by atoms with E-state index in [2.05, 4.69) is 9.88 Å². The van der Waals surface area contributed by atoms with Crippen LogP contribution < -0.4 is 4.74 Å². The van der Waals surface area contributed by atoms with Gasteiger partial charge in [-0.15, -0.1) is 0 Å². The number of carbonyl (C=O) groups excluding carboxylic acids is 1. The number of piperidine rings is 1. The van der Waals surface area contributed by atoms with Gasteiger partial charge < -0.3 is 4.74 Å². The number of carbonyl (C=O) groups is 1. The van der Waals surface area contributed by atoms with Gasteiger partial charge in [0.15, 0.2) is 5.78 Å². The molecule has 0 radical (unpaired) electrons. The Balaban J connectivity index is 1.73. The molecule has 4 nitrogen and oxygen atoms in total. The van der Waals surface area contributed by atoms with Gasteiger partial charge >= 0.3 is 0 Å². The van der Waals surface area contributed by atoms with Crippen molar-refractivity contribution in [2.24, 2.45) is 5.41 Å². The molecular weight excluding hydrogens is 319 g/mol. The van der Waals surface area contributed by atoms with Crippen LogP contribution in [0, 0.1) is 5.41 Å². The number of halogens is 1. The van der Waals surface area contributed by atoms with Gasteiger partial charge in [0.1, 0.15) is 11.9 Å². The van der Waals surface area contributed by atoms with Crippen molar-refractivity contribution >= 4 is 16.7 Å². The maximum atomic E-state index is 14.6. The SMILES string of the molecule is CC[C@@]12C[C@H](C(=O)c3ccnc4ccc(OC)cc34)N(CC[C@@H]1F)C2. The largest absolute Gasteiger partial charge is 0.497 e. The third-order valence-corrected chi connectivity index (χ3v) is 6.11. The van der Waals surface area contributed by atoms with E-state index in [1.165, 1.54) is 0 Å². The third kappa shape index (κ3) is 2.53. The van der Waals surface area contributed by atoms with Gasteiger partial charge in [0, 0.05) is 35.7 Å². The molecule has 2 bridgehead atoms. The van der Waals surface area contributed by atoms with E-state index in [9.17, 15) is 9.18 Å². The Kier molecular flexibility index (Phi) is 3.99. The lowest BCUT2D eigenvalue weighted by atomic mass is 9.76. The number of nitrogens with zero attached hydrogens (tertiary/aromatic N) is 2. The molecule has 0 aliphatic carbocycles. The van der Waals surface area contributed by atoms with Crippen LogP contribution in [0.4, 0.5) is 4.39 Å². The second kappa shape index (κ2) is 6.06. The van der Waals surface area contributed by atoms with Gasteiger partial charge in [0.25, 0.3) is 0 Å². The second-order valence-corrected chi connectivity index (χ2v) is 7.27. The minimum atomic E-state index is -0.805. The molecular formula is C20H23FN2O2. The molecule has 2 aliphatic rings. The zero-order valence-corrected chi connectivity index (χ0v) is 14.7. The van der Waals surface area contributed by atoms with Crippen LogP contribution in [0.15, 0.2) is 30.5 Å². The van der Waals surface area contributed by atoms with Crippen molar-refractivity contribution in [3.05, 3.63) is 36.0 Å². The van der Waals surface area contributed by atoms with Crippen LogP contribution >= 0.6 is 0 Å². The zero-order chi connectivity index (χ0) is 17.6. The van der Waals surface area contributed by atoms with Gasteiger partial charge in [-0.05, 0) is 43.5 Å². The highest BCUT2D eigenvalue weighted by atomic mass is 19.1. The number of aromatic nitrogens is 1. The first-order valence-electron chi connectivity index (χ1n) is 8.93. The Morgan fingerprint density at radius 1 is 1.44 bits per heavy atom. The summed E-state index contributed by atoms with van der Waals surface area (Å²) in [4.78, 5) is 19.9. The molecule has 4 atom stereocenters. The molecule has 1 unspecified atom stereocenters. The Morgan fingerprint density at radius 2 is 2.28 bits per heavy atom. The molecule has 2 fully saturated rings. The van der Waals surface area contributed by atoms with E-state index in [-0.39, 0.29) is 17.2 Å². The maximum absolute atomic E-state index is 14.6. The first-order valence-corrected chi connectivity index (χ1v) is 8.93. The summed E-state index contributed by atoms with van der Waals surface area (Å²) in [7, 11) is 1.61. The number of hydrogen-bond donors (Lipinski definition) is 0. The van der Waals surface area contributed by atoms with Crippen LogP contribution in [0.2, 0.25) is 0 Å². The molecule has 2 aromatic rings. The molecule has 3 heterocycles. The van der Waals surface area contributed by atoms with Gasteiger partial charge in [-0.1, -0.05) is 6.92 Å². The van der Waals surface area contributed by atoms with Crippen LogP contribution in [0.1, 0.15) is 36.5 Å². The van der Waals surface area contributed by atoms with E-state index in [1.807, 2.05) is 25.1 Å². The fourth-order valence-corrected chi connectivity index (χ4v) is 4.52. The Hall–Kier alpha value is -2.01. The van der Waals surface area contributed by atoms with Crippen molar-refractivity contribution in [1.82, 2.24) is 9.88 Å². The molecule has 2 saturated heterocycles. The van der Waals surface area contributed by atoms with E-state index in [1.54, 1.807) is 19.4 Å². The summed E-state index contributed by atoms with van der Waals surface area (Å²) in [5.41, 5.74) is 1.07. The summed E-state index contributed by atoms with van der Waals surface area (Å²) in [6, 6.07) is 7.11. The predicted molar refractivity (Wildman–Crippen MR) is 94.8 cm³/mol. The number of methoxy groups -OCH3 is 1. The number of fused-ring (bicyclic) bond motifs is 3. The van der Waals surface area contributed by atoms with Crippen molar-refractivity contribution < 1.29 is 13.9 Å². The van der Waals surface area contributed by atoms with E-state index in [0.717, 1.165) is 17.3 Å². The van der Waals surface area contributed by atoms with Crippen LogP contribution in [-0.2, 0) is 0 Å². The van der Waals surface area contributed by atoms with Crippen molar-refractivity contribution in [1.29, 1.82) is 0 Å². The molecule has 2 aliphatic heterocycles. The lowest BCUT2D eigenvalue weighted by Gasteiger charge is -2.36. The number of alkyl halides is 1. The van der Waals surface area contributed by atoms with Crippen molar-refractivity contribution in [3.63, 3.8) is 0 Å². The highest BCUT2D eigenvalue weighted by Gasteiger charge is 2.53. The summed E-state index contributed by atoms with van der Waals surface area (Å²) < 4.78 is 19.9.